The summed E-state index contributed by atoms with van der Waals surface area (Å²) < 4.78 is 0. The van der Waals surface area contributed by atoms with Crippen molar-refractivity contribution in [3.05, 3.63) is 71.9 Å². The van der Waals surface area contributed by atoms with Gasteiger partial charge in [0.15, 0.2) is 0 Å². The number of fused-ring (bicyclic) bond motifs is 1. The van der Waals surface area contributed by atoms with Crippen LogP contribution in [0.3, 0.4) is 0 Å². The number of para-hydroxylation sites is 1. The molecule has 0 aliphatic carbocycles. The van der Waals surface area contributed by atoms with Crippen molar-refractivity contribution >= 4 is 22.4 Å². The molecule has 0 amide bonds. The molecule has 1 aliphatic rings. The average Bonchev–Trinajstić information content (AvgIpc) is 3.07. The van der Waals surface area contributed by atoms with Crippen molar-refractivity contribution in [2.24, 2.45) is 10.9 Å². The number of rotatable bonds is 3. The smallest absolute Gasteiger partial charge is 0.138 e. The summed E-state index contributed by atoms with van der Waals surface area (Å²) in [5.41, 5.74) is 4.60. The molecule has 0 spiro atoms. The van der Waals surface area contributed by atoms with Crippen molar-refractivity contribution in [1.82, 2.24) is 4.98 Å². The van der Waals surface area contributed by atoms with Gasteiger partial charge in [-0.2, -0.15) is 0 Å². The van der Waals surface area contributed by atoms with Gasteiger partial charge in [-0.3, -0.25) is 9.98 Å². The molecule has 3 nitrogen and oxygen atoms in total. The minimum atomic E-state index is 0.301. The van der Waals surface area contributed by atoms with Crippen LogP contribution in [0.5, 0.6) is 0 Å². The van der Waals surface area contributed by atoms with Crippen molar-refractivity contribution < 1.29 is 0 Å². The van der Waals surface area contributed by atoms with E-state index in [1.54, 1.807) is 0 Å². The van der Waals surface area contributed by atoms with Crippen LogP contribution in [0.25, 0.3) is 10.9 Å². The normalized spacial score (nSPS) is 17.4. The molecule has 3 heteroatoms. The van der Waals surface area contributed by atoms with E-state index in [1.807, 2.05) is 12.3 Å². The van der Waals surface area contributed by atoms with E-state index in [0.717, 1.165) is 28.8 Å². The molecule has 3 aromatic rings. The number of amidine groups is 1. The third-order valence-corrected chi connectivity index (χ3v) is 4.90. The zero-order valence-corrected chi connectivity index (χ0v) is 15.0. The maximum Gasteiger partial charge on any atom is 0.138 e. The average molecular weight is 329 g/mol. The van der Waals surface area contributed by atoms with Gasteiger partial charge < -0.3 is 4.90 Å². The number of benzene rings is 2. The van der Waals surface area contributed by atoms with E-state index in [2.05, 4.69) is 79.2 Å². The molecular weight excluding hydrogens is 306 g/mol. The Morgan fingerprint density at radius 1 is 1.00 bits per heavy atom. The molecule has 0 unspecified atom stereocenters. The second-order valence-electron chi connectivity index (χ2n) is 7.09. The van der Waals surface area contributed by atoms with Crippen molar-refractivity contribution in [1.29, 1.82) is 0 Å². The van der Waals surface area contributed by atoms with Crippen LogP contribution in [0.2, 0.25) is 0 Å². The fraction of sp³-hybridized carbons (Fsp3) is 0.273. The summed E-state index contributed by atoms with van der Waals surface area (Å²) in [5, 5.41) is 1.15. The summed E-state index contributed by atoms with van der Waals surface area (Å²) in [6.07, 6.45) is 1.86. The summed E-state index contributed by atoms with van der Waals surface area (Å²) in [7, 11) is 0. The van der Waals surface area contributed by atoms with Crippen LogP contribution in [0, 0.1) is 12.8 Å². The number of hydrogen-bond acceptors (Lipinski definition) is 3. The number of hydrogen-bond donors (Lipinski definition) is 0. The lowest BCUT2D eigenvalue weighted by Gasteiger charge is -2.22. The Morgan fingerprint density at radius 3 is 2.52 bits per heavy atom. The lowest BCUT2D eigenvalue weighted by atomic mass is 10.1. The van der Waals surface area contributed by atoms with Gasteiger partial charge in [-0.05, 0) is 37.1 Å². The summed E-state index contributed by atoms with van der Waals surface area (Å²) in [6.45, 7) is 7.52. The summed E-state index contributed by atoms with van der Waals surface area (Å²) in [5.74, 6) is 1.54. The van der Waals surface area contributed by atoms with E-state index in [9.17, 15) is 0 Å². The van der Waals surface area contributed by atoms with Crippen LogP contribution in [0.4, 0.5) is 5.69 Å². The van der Waals surface area contributed by atoms with Gasteiger partial charge in [-0.25, -0.2) is 0 Å². The van der Waals surface area contributed by atoms with E-state index in [4.69, 9.17) is 4.99 Å². The van der Waals surface area contributed by atoms with Crippen LogP contribution in [-0.2, 0) is 0 Å². The molecule has 2 heterocycles. The van der Waals surface area contributed by atoms with Gasteiger partial charge in [0.2, 0.25) is 0 Å². The Morgan fingerprint density at radius 2 is 1.76 bits per heavy atom. The standard InChI is InChI=1S/C22H23N3/c1-15(2)20-14-25(18-11-9-16(3)10-12-18)22(24-20)19-8-4-6-17-7-5-13-23-21(17)19/h4-13,15,20H,14H2,1-3H3/t20-/m1/s1. The number of pyridine rings is 1. The second kappa shape index (κ2) is 6.32. The molecule has 0 radical (unpaired) electrons. The minimum absolute atomic E-state index is 0.301. The number of aryl methyl sites for hydroxylation is 1. The predicted molar refractivity (Wildman–Crippen MR) is 105 cm³/mol. The number of anilines is 1. The third kappa shape index (κ3) is 2.91. The first kappa shape index (κ1) is 15.8. The van der Waals surface area contributed by atoms with Crippen LogP contribution in [0.1, 0.15) is 25.0 Å². The molecule has 126 valence electrons. The van der Waals surface area contributed by atoms with Gasteiger partial charge in [0.05, 0.1) is 11.6 Å². The van der Waals surface area contributed by atoms with E-state index < -0.39 is 0 Å². The fourth-order valence-electron chi connectivity index (χ4n) is 3.35. The van der Waals surface area contributed by atoms with Crippen molar-refractivity contribution in [2.45, 2.75) is 26.8 Å². The van der Waals surface area contributed by atoms with E-state index >= 15 is 0 Å². The Labute approximate surface area is 149 Å². The minimum Gasteiger partial charge on any atom is -0.324 e. The first-order chi connectivity index (χ1) is 12.1. The first-order valence-electron chi connectivity index (χ1n) is 8.89. The maximum absolute atomic E-state index is 5.09. The Balaban J connectivity index is 1.85. The lowest BCUT2D eigenvalue weighted by Crippen LogP contribution is -2.31. The highest BCUT2D eigenvalue weighted by atomic mass is 15.3. The summed E-state index contributed by atoms with van der Waals surface area (Å²) >= 11 is 0. The highest BCUT2D eigenvalue weighted by molar-refractivity contribution is 6.17. The molecule has 0 N–H and O–H groups in total. The zero-order chi connectivity index (χ0) is 17.4. The van der Waals surface area contributed by atoms with Crippen LogP contribution in [-0.4, -0.2) is 23.4 Å². The van der Waals surface area contributed by atoms with Gasteiger partial charge in [-0.1, -0.05) is 49.7 Å². The quantitative estimate of drug-likeness (QED) is 0.688. The molecule has 1 aromatic heterocycles. The van der Waals surface area contributed by atoms with E-state index in [0.29, 0.717) is 12.0 Å². The largest absolute Gasteiger partial charge is 0.324 e. The monoisotopic (exact) mass is 329 g/mol. The van der Waals surface area contributed by atoms with Crippen LogP contribution >= 0.6 is 0 Å². The van der Waals surface area contributed by atoms with E-state index in [-0.39, 0.29) is 0 Å². The molecular formula is C22H23N3. The highest BCUT2D eigenvalue weighted by Crippen LogP contribution is 2.29. The van der Waals surface area contributed by atoms with Gasteiger partial charge >= 0.3 is 0 Å². The molecule has 2 aromatic carbocycles. The summed E-state index contributed by atoms with van der Waals surface area (Å²) in [6, 6.07) is 19.4. The molecule has 0 saturated heterocycles. The Hall–Kier alpha value is -2.68. The Bertz CT molecular complexity index is 920. The highest BCUT2D eigenvalue weighted by Gasteiger charge is 2.30. The molecule has 4 rings (SSSR count). The SMILES string of the molecule is Cc1ccc(N2C[C@H](C(C)C)N=C2c2cccc3cccnc23)cc1. The number of aliphatic imine (C=N–C) groups is 1. The van der Waals surface area contributed by atoms with Gasteiger partial charge in [0.25, 0.3) is 0 Å². The van der Waals surface area contributed by atoms with Crippen molar-refractivity contribution in [2.75, 3.05) is 11.4 Å². The topological polar surface area (TPSA) is 28.5 Å². The van der Waals surface area contributed by atoms with Crippen LogP contribution in [0.15, 0.2) is 65.8 Å². The number of nitrogens with zero attached hydrogens (tertiary/aromatic N) is 3. The van der Waals surface area contributed by atoms with Gasteiger partial charge in [0.1, 0.15) is 5.84 Å². The van der Waals surface area contributed by atoms with Crippen LogP contribution < -0.4 is 4.90 Å². The molecule has 0 fully saturated rings. The first-order valence-corrected chi connectivity index (χ1v) is 8.89. The fourth-order valence-corrected chi connectivity index (χ4v) is 3.35. The molecule has 0 saturated carbocycles. The van der Waals surface area contributed by atoms with Crippen molar-refractivity contribution in [3.8, 4) is 0 Å². The van der Waals surface area contributed by atoms with E-state index in [1.165, 1.54) is 11.3 Å². The lowest BCUT2D eigenvalue weighted by molar-refractivity contribution is 0.521. The molecule has 1 atom stereocenters. The number of aromatic nitrogens is 1. The van der Waals surface area contributed by atoms with Gasteiger partial charge in [0, 0.05) is 29.4 Å². The third-order valence-electron chi connectivity index (χ3n) is 4.90. The molecule has 0 bridgehead atoms. The zero-order valence-electron chi connectivity index (χ0n) is 15.0. The second-order valence-corrected chi connectivity index (χ2v) is 7.09. The Kier molecular flexibility index (Phi) is 4.00. The van der Waals surface area contributed by atoms with Gasteiger partial charge in [-0.15, -0.1) is 0 Å². The van der Waals surface area contributed by atoms with Crippen molar-refractivity contribution in [3.63, 3.8) is 0 Å². The summed E-state index contributed by atoms with van der Waals surface area (Å²) in [4.78, 5) is 12.1. The predicted octanol–water partition coefficient (Wildman–Crippen LogP) is 4.83. The molecule has 1 aliphatic heterocycles. The molecule has 25 heavy (non-hydrogen) atoms. The maximum atomic E-state index is 5.09.